The lowest BCUT2D eigenvalue weighted by molar-refractivity contribution is -0.126. The van der Waals surface area contributed by atoms with Crippen molar-refractivity contribution in [2.24, 2.45) is 0 Å². The van der Waals surface area contributed by atoms with Crippen molar-refractivity contribution in [1.82, 2.24) is 5.32 Å². The lowest BCUT2D eigenvalue weighted by Crippen LogP contribution is -2.33. The lowest BCUT2D eigenvalue weighted by Gasteiger charge is -2.15. The number of rotatable bonds is 4. The van der Waals surface area contributed by atoms with Gasteiger partial charge in [0, 0.05) is 12.6 Å². The van der Waals surface area contributed by atoms with Crippen molar-refractivity contribution in [2.45, 2.75) is 26.6 Å². The summed E-state index contributed by atoms with van der Waals surface area (Å²) in [7, 11) is 1.56. The summed E-state index contributed by atoms with van der Waals surface area (Å²) in [5.74, 6) is 0.355. The molecule has 0 aliphatic heterocycles. The van der Waals surface area contributed by atoms with Gasteiger partial charge < -0.3 is 15.2 Å². The van der Waals surface area contributed by atoms with Crippen LogP contribution in [0.5, 0.6) is 5.75 Å². The number of nitrogens with one attached hydrogen (secondary N) is 1. The SMILES string of the molecule is CNC(=O)C(C)Oc1ccc(C)cc1CO. The van der Waals surface area contributed by atoms with E-state index >= 15 is 0 Å². The van der Waals surface area contributed by atoms with Crippen LogP contribution < -0.4 is 10.1 Å². The Morgan fingerprint density at radius 1 is 1.56 bits per heavy atom. The molecule has 0 fully saturated rings. The van der Waals surface area contributed by atoms with E-state index in [4.69, 9.17) is 4.74 Å². The number of amides is 1. The molecule has 0 heterocycles. The number of carbonyl (C=O) groups is 1. The second-order valence-corrected chi connectivity index (χ2v) is 3.64. The van der Waals surface area contributed by atoms with Crippen molar-refractivity contribution in [3.05, 3.63) is 29.3 Å². The third-order valence-electron chi connectivity index (χ3n) is 2.31. The van der Waals surface area contributed by atoms with Gasteiger partial charge in [-0.05, 0) is 19.9 Å². The van der Waals surface area contributed by atoms with Gasteiger partial charge in [-0.15, -0.1) is 0 Å². The molecule has 16 heavy (non-hydrogen) atoms. The summed E-state index contributed by atoms with van der Waals surface area (Å²) in [6, 6.07) is 5.48. The van der Waals surface area contributed by atoms with Crippen LogP contribution in [0.15, 0.2) is 18.2 Å². The molecule has 2 N–H and O–H groups in total. The Hall–Kier alpha value is -1.55. The highest BCUT2D eigenvalue weighted by molar-refractivity contribution is 5.80. The Kier molecular flexibility index (Phi) is 4.31. The number of ether oxygens (including phenoxy) is 1. The predicted octanol–water partition coefficient (Wildman–Crippen LogP) is 1.00. The van der Waals surface area contributed by atoms with Gasteiger partial charge in [-0.25, -0.2) is 0 Å². The summed E-state index contributed by atoms with van der Waals surface area (Å²) in [5, 5.41) is 11.7. The number of aryl methyl sites for hydroxylation is 1. The Labute approximate surface area is 95.2 Å². The first-order valence-corrected chi connectivity index (χ1v) is 5.17. The first-order chi connectivity index (χ1) is 7.58. The van der Waals surface area contributed by atoms with Crippen LogP contribution in [0.1, 0.15) is 18.1 Å². The fraction of sp³-hybridized carbons (Fsp3) is 0.417. The quantitative estimate of drug-likeness (QED) is 0.800. The number of aliphatic hydroxyl groups is 1. The zero-order valence-electron chi connectivity index (χ0n) is 9.78. The fourth-order valence-electron chi connectivity index (χ4n) is 1.39. The van der Waals surface area contributed by atoms with E-state index in [-0.39, 0.29) is 12.5 Å². The lowest BCUT2D eigenvalue weighted by atomic mass is 10.1. The molecule has 0 saturated heterocycles. The molecule has 1 amide bonds. The Bertz CT molecular complexity index is 377. The summed E-state index contributed by atoms with van der Waals surface area (Å²) < 4.78 is 5.47. The molecule has 1 aromatic rings. The second kappa shape index (κ2) is 5.51. The smallest absolute Gasteiger partial charge is 0.260 e. The Morgan fingerprint density at radius 2 is 2.25 bits per heavy atom. The van der Waals surface area contributed by atoms with E-state index in [0.29, 0.717) is 11.3 Å². The summed E-state index contributed by atoms with van der Waals surface area (Å²) in [6.45, 7) is 3.50. The van der Waals surface area contributed by atoms with Crippen molar-refractivity contribution in [2.75, 3.05) is 7.05 Å². The average molecular weight is 223 g/mol. The molecule has 0 aliphatic rings. The molecule has 4 nitrogen and oxygen atoms in total. The predicted molar refractivity (Wildman–Crippen MR) is 61.3 cm³/mol. The van der Waals surface area contributed by atoms with Gasteiger partial charge in [-0.1, -0.05) is 17.7 Å². The summed E-state index contributed by atoms with van der Waals surface area (Å²) in [4.78, 5) is 11.3. The third kappa shape index (κ3) is 2.97. The van der Waals surface area contributed by atoms with Crippen molar-refractivity contribution in [3.63, 3.8) is 0 Å². The summed E-state index contributed by atoms with van der Waals surface area (Å²) in [6.07, 6.45) is -0.571. The molecule has 1 atom stereocenters. The summed E-state index contributed by atoms with van der Waals surface area (Å²) >= 11 is 0. The molecule has 88 valence electrons. The van der Waals surface area contributed by atoms with Crippen LogP contribution in [-0.4, -0.2) is 24.2 Å². The van der Waals surface area contributed by atoms with Crippen molar-refractivity contribution < 1.29 is 14.6 Å². The fourth-order valence-corrected chi connectivity index (χ4v) is 1.39. The molecule has 0 radical (unpaired) electrons. The topological polar surface area (TPSA) is 58.6 Å². The van der Waals surface area contributed by atoms with Gasteiger partial charge in [0.15, 0.2) is 6.10 Å². The molecule has 0 aromatic heterocycles. The number of aliphatic hydroxyl groups excluding tert-OH is 1. The minimum Gasteiger partial charge on any atom is -0.481 e. The van der Waals surface area contributed by atoms with Crippen molar-refractivity contribution in [1.29, 1.82) is 0 Å². The van der Waals surface area contributed by atoms with Crippen LogP contribution in [0, 0.1) is 6.92 Å². The first kappa shape index (κ1) is 12.5. The van der Waals surface area contributed by atoms with Crippen LogP contribution in [0.3, 0.4) is 0 Å². The van der Waals surface area contributed by atoms with Gasteiger partial charge in [-0.2, -0.15) is 0 Å². The van der Waals surface area contributed by atoms with E-state index in [1.165, 1.54) is 0 Å². The average Bonchev–Trinajstić information content (AvgIpc) is 2.30. The largest absolute Gasteiger partial charge is 0.481 e. The number of hydrogen-bond donors (Lipinski definition) is 2. The van der Waals surface area contributed by atoms with E-state index < -0.39 is 6.10 Å². The van der Waals surface area contributed by atoms with Gasteiger partial charge in [0.2, 0.25) is 0 Å². The van der Waals surface area contributed by atoms with Gasteiger partial charge in [0.25, 0.3) is 5.91 Å². The number of hydrogen-bond acceptors (Lipinski definition) is 3. The second-order valence-electron chi connectivity index (χ2n) is 3.64. The molecular weight excluding hydrogens is 206 g/mol. The normalized spacial score (nSPS) is 12.0. The van der Waals surface area contributed by atoms with E-state index in [1.807, 2.05) is 19.1 Å². The first-order valence-electron chi connectivity index (χ1n) is 5.17. The van der Waals surface area contributed by atoms with Crippen LogP contribution >= 0.6 is 0 Å². The molecule has 4 heteroatoms. The molecule has 1 aromatic carbocycles. The molecule has 0 saturated carbocycles. The van der Waals surface area contributed by atoms with Gasteiger partial charge >= 0.3 is 0 Å². The standard InChI is InChI=1S/C12H17NO3/c1-8-4-5-11(10(6-8)7-14)16-9(2)12(15)13-3/h4-6,9,14H,7H2,1-3H3,(H,13,15). The zero-order valence-corrected chi connectivity index (χ0v) is 9.78. The molecule has 1 unspecified atom stereocenters. The van der Waals surface area contributed by atoms with Gasteiger partial charge in [-0.3, -0.25) is 4.79 Å². The maximum absolute atomic E-state index is 11.3. The summed E-state index contributed by atoms with van der Waals surface area (Å²) in [5.41, 5.74) is 1.74. The minimum atomic E-state index is -0.571. The van der Waals surface area contributed by atoms with Crippen LogP contribution in [0.2, 0.25) is 0 Å². The van der Waals surface area contributed by atoms with Gasteiger partial charge in [0.1, 0.15) is 5.75 Å². The van der Waals surface area contributed by atoms with E-state index in [1.54, 1.807) is 20.0 Å². The van der Waals surface area contributed by atoms with Crippen LogP contribution in [-0.2, 0) is 11.4 Å². The Balaban J connectivity index is 2.84. The minimum absolute atomic E-state index is 0.0997. The molecule has 1 rings (SSSR count). The molecule has 0 spiro atoms. The number of likely N-dealkylation sites (N-methyl/N-ethyl adjacent to an activating group) is 1. The highest BCUT2D eigenvalue weighted by Crippen LogP contribution is 2.21. The molecule has 0 aliphatic carbocycles. The van der Waals surface area contributed by atoms with Crippen molar-refractivity contribution >= 4 is 5.91 Å². The highest BCUT2D eigenvalue weighted by Gasteiger charge is 2.14. The highest BCUT2D eigenvalue weighted by atomic mass is 16.5. The third-order valence-corrected chi connectivity index (χ3v) is 2.31. The van der Waals surface area contributed by atoms with E-state index in [2.05, 4.69) is 5.32 Å². The monoisotopic (exact) mass is 223 g/mol. The number of benzene rings is 1. The zero-order chi connectivity index (χ0) is 12.1. The van der Waals surface area contributed by atoms with Crippen LogP contribution in [0.4, 0.5) is 0 Å². The van der Waals surface area contributed by atoms with Crippen molar-refractivity contribution in [3.8, 4) is 5.75 Å². The van der Waals surface area contributed by atoms with E-state index in [9.17, 15) is 9.90 Å². The number of carbonyl (C=O) groups excluding carboxylic acids is 1. The van der Waals surface area contributed by atoms with E-state index in [0.717, 1.165) is 5.56 Å². The molecular formula is C12H17NO3. The molecule has 0 bridgehead atoms. The maximum Gasteiger partial charge on any atom is 0.260 e. The Morgan fingerprint density at radius 3 is 2.81 bits per heavy atom. The maximum atomic E-state index is 11.3. The van der Waals surface area contributed by atoms with Crippen LogP contribution in [0.25, 0.3) is 0 Å². The van der Waals surface area contributed by atoms with Gasteiger partial charge in [0.05, 0.1) is 6.61 Å².